The SMILES string of the molecule is CS(=O)(=O)Cc1cccc(Nc2ncnc(-c3cccc4c3OC(F)(F)C(F)(F)O4)n2)c1. The molecule has 2 aromatic carbocycles. The minimum Gasteiger partial charge on any atom is -0.421 e. The number of hydrogen-bond donors (Lipinski definition) is 1. The van der Waals surface area contributed by atoms with Crippen LogP contribution < -0.4 is 14.8 Å². The number of nitrogens with zero attached hydrogens (tertiary/aromatic N) is 3. The molecule has 2 heterocycles. The summed E-state index contributed by atoms with van der Waals surface area (Å²) in [5, 5.41) is 2.85. The predicted octanol–water partition coefficient (Wildman–Crippen LogP) is 3.78. The first-order valence-electron chi connectivity index (χ1n) is 8.93. The Morgan fingerprint density at radius 3 is 2.47 bits per heavy atom. The summed E-state index contributed by atoms with van der Waals surface area (Å²) >= 11 is 0. The summed E-state index contributed by atoms with van der Waals surface area (Å²) in [6, 6.07) is 10.1. The Hall–Kier alpha value is -3.48. The van der Waals surface area contributed by atoms with Crippen molar-refractivity contribution in [1.82, 2.24) is 15.0 Å². The molecule has 13 heteroatoms. The lowest BCUT2D eigenvalue weighted by molar-refractivity contribution is -0.391. The first kappa shape index (κ1) is 21.7. The lowest BCUT2D eigenvalue weighted by atomic mass is 10.1. The van der Waals surface area contributed by atoms with Crippen molar-refractivity contribution < 1.29 is 35.5 Å². The van der Waals surface area contributed by atoms with E-state index in [2.05, 4.69) is 29.7 Å². The fourth-order valence-corrected chi connectivity index (χ4v) is 3.70. The van der Waals surface area contributed by atoms with Gasteiger partial charge in [0.2, 0.25) is 5.95 Å². The Morgan fingerprint density at radius 2 is 1.72 bits per heavy atom. The number of fused-ring (bicyclic) bond motifs is 1. The topological polar surface area (TPSA) is 103 Å². The molecule has 0 unspecified atom stereocenters. The highest BCUT2D eigenvalue weighted by atomic mass is 32.2. The third kappa shape index (κ3) is 4.42. The Morgan fingerprint density at radius 1 is 1.00 bits per heavy atom. The van der Waals surface area contributed by atoms with E-state index >= 15 is 0 Å². The van der Waals surface area contributed by atoms with Crippen LogP contribution in [0.5, 0.6) is 11.5 Å². The van der Waals surface area contributed by atoms with Crippen LogP contribution in [-0.4, -0.2) is 41.8 Å². The van der Waals surface area contributed by atoms with Crippen molar-refractivity contribution >= 4 is 21.5 Å². The first-order valence-corrected chi connectivity index (χ1v) is 11.0. The highest BCUT2D eigenvalue weighted by molar-refractivity contribution is 7.89. The Labute approximate surface area is 179 Å². The summed E-state index contributed by atoms with van der Waals surface area (Å²) in [5.41, 5.74) is 0.871. The maximum Gasteiger partial charge on any atom is 0.507 e. The van der Waals surface area contributed by atoms with Crippen molar-refractivity contribution in [3.63, 3.8) is 0 Å². The van der Waals surface area contributed by atoms with Crippen LogP contribution in [-0.2, 0) is 15.6 Å². The minimum absolute atomic E-state index is 0.00192. The third-order valence-corrected chi connectivity index (χ3v) is 5.07. The van der Waals surface area contributed by atoms with Gasteiger partial charge in [-0.2, -0.15) is 22.5 Å². The molecule has 1 aliphatic rings. The zero-order valence-corrected chi connectivity index (χ0v) is 17.0. The molecular formula is C19H14F4N4O4S. The number of rotatable bonds is 5. The summed E-state index contributed by atoms with van der Waals surface area (Å²) in [6.07, 6.45) is -7.55. The second kappa shape index (κ2) is 7.58. The highest BCUT2D eigenvalue weighted by Crippen LogP contribution is 2.50. The fourth-order valence-electron chi connectivity index (χ4n) is 2.92. The molecule has 0 saturated carbocycles. The van der Waals surface area contributed by atoms with E-state index in [0.717, 1.165) is 18.6 Å². The molecule has 0 aliphatic carbocycles. The molecule has 0 atom stereocenters. The van der Waals surface area contributed by atoms with Crippen molar-refractivity contribution in [3.8, 4) is 22.9 Å². The maximum atomic E-state index is 13.7. The second-order valence-electron chi connectivity index (χ2n) is 6.90. The standard InChI is InChI=1S/C19H14F4N4O4S/c1-32(28,29)9-11-4-2-5-12(8-11)26-17-25-10-24-16(27-17)13-6-3-7-14-15(13)31-19(22,23)18(20,21)30-14/h2-8,10H,9H2,1H3,(H,24,25,26,27). The van der Waals surface area contributed by atoms with Gasteiger partial charge in [-0.1, -0.05) is 18.2 Å². The van der Waals surface area contributed by atoms with E-state index in [-0.39, 0.29) is 23.1 Å². The molecule has 0 saturated heterocycles. The maximum absolute atomic E-state index is 13.7. The third-order valence-electron chi connectivity index (χ3n) is 4.21. The van der Waals surface area contributed by atoms with Gasteiger partial charge in [0.25, 0.3) is 0 Å². The number of anilines is 2. The van der Waals surface area contributed by atoms with E-state index in [1.165, 1.54) is 12.1 Å². The number of aromatic nitrogens is 3. The quantitative estimate of drug-likeness (QED) is 0.562. The Balaban J connectivity index is 1.65. The lowest BCUT2D eigenvalue weighted by Gasteiger charge is -2.32. The molecule has 1 aliphatic heterocycles. The normalized spacial score (nSPS) is 16.4. The second-order valence-corrected chi connectivity index (χ2v) is 9.04. The largest absolute Gasteiger partial charge is 0.507 e. The van der Waals surface area contributed by atoms with Crippen molar-refractivity contribution in [1.29, 1.82) is 0 Å². The average molecular weight is 470 g/mol. The summed E-state index contributed by atoms with van der Waals surface area (Å²) < 4.78 is 85.6. The van der Waals surface area contributed by atoms with E-state index < -0.39 is 33.6 Å². The monoisotopic (exact) mass is 470 g/mol. The van der Waals surface area contributed by atoms with E-state index in [1.807, 2.05) is 0 Å². The zero-order chi connectivity index (χ0) is 23.1. The highest BCUT2D eigenvalue weighted by Gasteiger charge is 2.66. The van der Waals surface area contributed by atoms with Crippen LogP contribution in [0.1, 0.15) is 5.56 Å². The van der Waals surface area contributed by atoms with Gasteiger partial charge in [0.15, 0.2) is 27.2 Å². The fraction of sp³-hybridized carbons (Fsp3) is 0.211. The van der Waals surface area contributed by atoms with Crippen LogP contribution in [0, 0.1) is 0 Å². The summed E-state index contributed by atoms with van der Waals surface area (Å²) in [4.78, 5) is 12.0. The molecule has 0 spiro atoms. The molecule has 3 aromatic rings. The Bertz CT molecular complexity index is 1290. The van der Waals surface area contributed by atoms with Crippen molar-refractivity contribution in [2.75, 3.05) is 11.6 Å². The van der Waals surface area contributed by atoms with Gasteiger partial charge >= 0.3 is 12.2 Å². The van der Waals surface area contributed by atoms with Gasteiger partial charge in [0.1, 0.15) is 6.33 Å². The predicted molar refractivity (Wildman–Crippen MR) is 105 cm³/mol. The molecule has 168 valence electrons. The molecule has 4 rings (SSSR count). The molecule has 1 N–H and O–H groups in total. The van der Waals surface area contributed by atoms with Gasteiger partial charge < -0.3 is 14.8 Å². The molecule has 0 fully saturated rings. The number of nitrogens with one attached hydrogen (secondary N) is 1. The van der Waals surface area contributed by atoms with Gasteiger partial charge in [0, 0.05) is 11.9 Å². The Kier molecular flexibility index (Phi) is 5.15. The van der Waals surface area contributed by atoms with Crippen LogP contribution in [0.4, 0.5) is 29.2 Å². The van der Waals surface area contributed by atoms with Gasteiger partial charge in [-0.3, -0.25) is 0 Å². The van der Waals surface area contributed by atoms with Crippen LogP contribution >= 0.6 is 0 Å². The average Bonchev–Trinajstić information content (AvgIpc) is 2.67. The smallest absolute Gasteiger partial charge is 0.421 e. The van der Waals surface area contributed by atoms with E-state index in [9.17, 15) is 26.0 Å². The van der Waals surface area contributed by atoms with Crippen molar-refractivity contribution in [3.05, 3.63) is 54.4 Å². The number of ether oxygens (including phenoxy) is 2. The van der Waals surface area contributed by atoms with Gasteiger partial charge in [-0.15, -0.1) is 0 Å². The van der Waals surface area contributed by atoms with Crippen LogP contribution in [0.3, 0.4) is 0 Å². The molecule has 0 bridgehead atoms. The van der Waals surface area contributed by atoms with E-state index in [4.69, 9.17) is 0 Å². The summed E-state index contributed by atoms with van der Waals surface area (Å²) in [7, 11) is -3.25. The van der Waals surface area contributed by atoms with Crippen LogP contribution in [0.2, 0.25) is 0 Å². The summed E-state index contributed by atoms with van der Waals surface area (Å²) in [5.74, 6) is -1.55. The van der Waals surface area contributed by atoms with Crippen LogP contribution in [0.25, 0.3) is 11.4 Å². The molecule has 1 aromatic heterocycles. The molecule has 8 nitrogen and oxygen atoms in total. The van der Waals surface area contributed by atoms with Crippen molar-refractivity contribution in [2.45, 2.75) is 18.0 Å². The van der Waals surface area contributed by atoms with E-state index in [1.54, 1.807) is 24.3 Å². The number of hydrogen-bond acceptors (Lipinski definition) is 8. The number of sulfone groups is 1. The van der Waals surface area contributed by atoms with Crippen molar-refractivity contribution in [2.24, 2.45) is 0 Å². The number of halogens is 4. The van der Waals surface area contributed by atoms with Gasteiger partial charge in [-0.05, 0) is 29.8 Å². The number of alkyl halides is 4. The minimum atomic E-state index is -4.90. The molecule has 32 heavy (non-hydrogen) atoms. The van der Waals surface area contributed by atoms with Gasteiger partial charge in [-0.25, -0.2) is 18.4 Å². The zero-order valence-electron chi connectivity index (χ0n) is 16.2. The first-order chi connectivity index (χ1) is 14.9. The van der Waals surface area contributed by atoms with Crippen LogP contribution in [0.15, 0.2) is 48.8 Å². The van der Waals surface area contributed by atoms with E-state index in [0.29, 0.717) is 11.3 Å². The lowest BCUT2D eigenvalue weighted by Crippen LogP contribution is -2.52. The molecule has 0 amide bonds. The number of para-hydroxylation sites is 1. The summed E-state index contributed by atoms with van der Waals surface area (Å²) in [6.45, 7) is 0. The van der Waals surface area contributed by atoms with Gasteiger partial charge in [0.05, 0.1) is 11.3 Å². The molecule has 0 radical (unpaired) electrons. The number of benzene rings is 2. The molecular weight excluding hydrogens is 456 g/mol.